The monoisotopic (exact) mass is 421 g/mol. The van der Waals surface area contributed by atoms with E-state index in [4.69, 9.17) is 0 Å². The van der Waals surface area contributed by atoms with E-state index in [9.17, 15) is 14.0 Å². The summed E-state index contributed by atoms with van der Waals surface area (Å²) in [4.78, 5) is 30.8. The van der Waals surface area contributed by atoms with Crippen LogP contribution in [0.25, 0.3) is 11.0 Å². The highest BCUT2D eigenvalue weighted by molar-refractivity contribution is 5.97. The van der Waals surface area contributed by atoms with Gasteiger partial charge in [-0.15, -0.1) is 0 Å². The van der Waals surface area contributed by atoms with Crippen molar-refractivity contribution in [1.82, 2.24) is 14.9 Å². The quantitative estimate of drug-likeness (QED) is 0.673. The second kappa shape index (κ2) is 8.25. The summed E-state index contributed by atoms with van der Waals surface area (Å²) in [7, 11) is 0. The van der Waals surface area contributed by atoms with Gasteiger partial charge < -0.3 is 5.32 Å². The second-order valence-corrected chi connectivity index (χ2v) is 9.54. The van der Waals surface area contributed by atoms with Crippen LogP contribution in [0.4, 0.5) is 4.39 Å². The SMILES string of the molecule is CC1CC(NC(=O)c2cc3cccnc3n(Cc3ccccc3F)c2=O)CC(C)(C)C1. The van der Waals surface area contributed by atoms with Crippen LogP contribution in [0.1, 0.15) is 56.0 Å². The Hall–Kier alpha value is -3.02. The first kappa shape index (κ1) is 21.2. The molecule has 1 aliphatic carbocycles. The molecule has 0 saturated heterocycles. The third-order valence-electron chi connectivity index (χ3n) is 6.10. The number of nitrogens with zero attached hydrogens (tertiary/aromatic N) is 2. The number of aromatic nitrogens is 2. The van der Waals surface area contributed by atoms with Crippen LogP contribution in [0.3, 0.4) is 0 Å². The molecular weight excluding hydrogens is 393 g/mol. The molecule has 1 N–H and O–H groups in total. The highest BCUT2D eigenvalue weighted by Crippen LogP contribution is 2.38. The predicted octanol–water partition coefficient (Wildman–Crippen LogP) is 4.53. The zero-order valence-corrected chi connectivity index (χ0v) is 18.2. The number of amides is 1. The topological polar surface area (TPSA) is 64.0 Å². The van der Waals surface area contributed by atoms with Gasteiger partial charge in [-0.2, -0.15) is 0 Å². The van der Waals surface area contributed by atoms with Crippen molar-refractivity contribution < 1.29 is 9.18 Å². The summed E-state index contributed by atoms with van der Waals surface area (Å²) in [5.74, 6) is -0.271. The zero-order chi connectivity index (χ0) is 22.2. The number of carbonyl (C=O) groups is 1. The molecule has 2 aromatic heterocycles. The van der Waals surface area contributed by atoms with Gasteiger partial charge in [-0.3, -0.25) is 14.2 Å². The number of carbonyl (C=O) groups excluding carboxylic acids is 1. The van der Waals surface area contributed by atoms with E-state index in [2.05, 4.69) is 31.1 Å². The van der Waals surface area contributed by atoms with Gasteiger partial charge in [-0.05, 0) is 54.9 Å². The molecule has 1 amide bonds. The zero-order valence-electron chi connectivity index (χ0n) is 18.2. The van der Waals surface area contributed by atoms with Crippen LogP contribution in [0.2, 0.25) is 0 Å². The minimum atomic E-state index is -0.463. The number of pyridine rings is 2. The molecule has 2 heterocycles. The smallest absolute Gasteiger partial charge is 0.265 e. The Kier molecular flexibility index (Phi) is 5.65. The lowest BCUT2D eigenvalue weighted by Gasteiger charge is -2.39. The molecule has 0 aliphatic heterocycles. The molecule has 1 aliphatic rings. The first-order valence-corrected chi connectivity index (χ1v) is 10.8. The van der Waals surface area contributed by atoms with E-state index in [-0.39, 0.29) is 29.5 Å². The van der Waals surface area contributed by atoms with Gasteiger partial charge in [-0.1, -0.05) is 39.0 Å². The van der Waals surface area contributed by atoms with Gasteiger partial charge >= 0.3 is 0 Å². The number of benzene rings is 1. The Morgan fingerprint density at radius 2 is 2.00 bits per heavy atom. The number of hydrogen-bond acceptors (Lipinski definition) is 3. The van der Waals surface area contributed by atoms with Crippen molar-refractivity contribution >= 4 is 16.9 Å². The van der Waals surface area contributed by atoms with Crippen LogP contribution in [-0.4, -0.2) is 21.5 Å². The fourth-order valence-electron chi connectivity index (χ4n) is 5.03. The molecule has 1 aromatic carbocycles. The molecule has 0 radical (unpaired) electrons. The standard InChI is InChI=1S/C25H28FN3O2/c1-16-11-19(14-25(2,3)13-16)28-23(30)20-12-17-8-6-10-27-22(17)29(24(20)31)15-18-7-4-5-9-21(18)26/h4-10,12,16,19H,11,13-15H2,1-3H3,(H,28,30). The van der Waals surface area contributed by atoms with E-state index in [0.717, 1.165) is 19.3 Å². The Morgan fingerprint density at radius 1 is 1.23 bits per heavy atom. The maximum atomic E-state index is 14.3. The van der Waals surface area contributed by atoms with Crippen molar-refractivity contribution in [2.75, 3.05) is 0 Å². The minimum absolute atomic E-state index is 0.00757. The molecule has 4 rings (SSSR count). The summed E-state index contributed by atoms with van der Waals surface area (Å²) in [6.07, 6.45) is 4.48. The number of hydrogen-bond donors (Lipinski definition) is 1. The molecule has 0 bridgehead atoms. The molecule has 31 heavy (non-hydrogen) atoms. The van der Waals surface area contributed by atoms with Crippen LogP contribution in [0.15, 0.2) is 53.5 Å². The van der Waals surface area contributed by atoms with Gasteiger partial charge in [0.05, 0.1) is 6.54 Å². The van der Waals surface area contributed by atoms with Crippen molar-refractivity contribution in [3.63, 3.8) is 0 Å². The fraction of sp³-hybridized carbons (Fsp3) is 0.400. The summed E-state index contributed by atoms with van der Waals surface area (Å²) in [6, 6.07) is 11.5. The van der Waals surface area contributed by atoms with Gasteiger partial charge in [-0.25, -0.2) is 9.37 Å². The molecule has 5 nitrogen and oxygen atoms in total. The fourth-order valence-corrected chi connectivity index (χ4v) is 5.03. The van der Waals surface area contributed by atoms with Crippen molar-refractivity contribution in [1.29, 1.82) is 0 Å². The Balaban J connectivity index is 1.71. The molecule has 0 spiro atoms. The number of nitrogens with one attached hydrogen (secondary N) is 1. The van der Waals surface area contributed by atoms with E-state index >= 15 is 0 Å². The minimum Gasteiger partial charge on any atom is -0.349 e. The van der Waals surface area contributed by atoms with Crippen LogP contribution in [0.5, 0.6) is 0 Å². The molecule has 2 atom stereocenters. The highest BCUT2D eigenvalue weighted by Gasteiger charge is 2.33. The summed E-state index contributed by atoms with van der Waals surface area (Å²) >= 11 is 0. The number of fused-ring (bicyclic) bond motifs is 1. The van der Waals surface area contributed by atoms with Gasteiger partial charge in [0.15, 0.2) is 0 Å². The molecule has 1 saturated carbocycles. The van der Waals surface area contributed by atoms with Gasteiger partial charge in [0, 0.05) is 23.2 Å². The van der Waals surface area contributed by atoms with Crippen molar-refractivity contribution in [2.24, 2.45) is 11.3 Å². The predicted molar refractivity (Wildman–Crippen MR) is 120 cm³/mol. The maximum absolute atomic E-state index is 14.3. The normalized spacial score (nSPS) is 20.5. The Morgan fingerprint density at radius 3 is 2.74 bits per heavy atom. The molecule has 1 fully saturated rings. The Bertz CT molecular complexity index is 1180. The van der Waals surface area contributed by atoms with E-state index in [1.807, 2.05) is 6.07 Å². The maximum Gasteiger partial charge on any atom is 0.265 e. The van der Waals surface area contributed by atoms with Crippen molar-refractivity contribution in [3.05, 3.63) is 76.0 Å². The Labute approximate surface area is 181 Å². The van der Waals surface area contributed by atoms with Crippen LogP contribution in [0, 0.1) is 17.2 Å². The molecule has 162 valence electrons. The van der Waals surface area contributed by atoms with E-state index in [1.54, 1.807) is 36.5 Å². The number of rotatable bonds is 4. The summed E-state index contributed by atoms with van der Waals surface area (Å²) in [5, 5.41) is 3.75. The first-order chi connectivity index (χ1) is 14.7. The largest absolute Gasteiger partial charge is 0.349 e. The van der Waals surface area contributed by atoms with E-state index in [0.29, 0.717) is 22.5 Å². The van der Waals surface area contributed by atoms with Crippen LogP contribution in [-0.2, 0) is 6.54 Å². The highest BCUT2D eigenvalue weighted by atomic mass is 19.1. The van der Waals surface area contributed by atoms with E-state index in [1.165, 1.54) is 10.6 Å². The average Bonchev–Trinajstić information content (AvgIpc) is 2.69. The lowest BCUT2D eigenvalue weighted by atomic mass is 9.70. The molecular formula is C25H28FN3O2. The average molecular weight is 422 g/mol. The molecule has 6 heteroatoms. The van der Waals surface area contributed by atoms with Gasteiger partial charge in [0.25, 0.3) is 11.5 Å². The number of halogens is 1. The molecule has 3 aromatic rings. The van der Waals surface area contributed by atoms with E-state index < -0.39 is 11.4 Å². The molecule has 2 unspecified atom stereocenters. The first-order valence-electron chi connectivity index (χ1n) is 10.8. The van der Waals surface area contributed by atoms with Crippen molar-refractivity contribution in [3.8, 4) is 0 Å². The van der Waals surface area contributed by atoms with Gasteiger partial charge in [0.1, 0.15) is 17.0 Å². The summed E-state index contributed by atoms with van der Waals surface area (Å²) in [5.41, 5.74) is 0.549. The lowest BCUT2D eigenvalue weighted by Crippen LogP contribution is -2.44. The van der Waals surface area contributed by atoms with Crippen LogP contribution < -0.4 is 10.9 Å². The summed E-state index contributed by atoms with van der Waals surface area (Å²) < 4.78 is 15.7. The second-order valence-electron chi connectivity index (χ2n) is 9.54. The summed E-state index contributed by atoms with van der Waals surface area (Å²) in [6.45, 7) is 6.63. The third-order valence-corrected chi connectivity index (χ3v) is 6.10. The van der Waals surface area contributed by atoms with Gasteiger partial charge in [0.2, 0.25) is 0 Å². The third kappa shape index (κ3) is 4.53. The van der Waals surface area contributed by atoms with Crippen LogP contribution >= 0.6 is 0 Å². The van der Waals surface area contributed by atoms with Crippen molar-refractivity contribution in [2.45, 2.75) is 52.6 Å². The lowest BCUT2D eigenvalue weighted by molar-refractivity contribution is 0.0872.